The topological polar surface area (TPSA) is 52.9 Å². The van der Waals surface area contributed by atoms with E-state index in [4.69, 9.17) is 9.84 Å². The second kappa shape index (κ2) is 6.35. The molecule has 1 aliphatic heterocycles. The Bertz CT molecular complexity index is 154. The van der Waals surface area contributed by atoms with Crippen molar-refractivity contribution < 1.29 is 14.9 Å². The quantitative estimate of drug-likeness (QED) is 0.630. The van der Waals surface area contributed by atoms with Gasteiger partial charge in [-0.25, -0.2) is 0 Å². The fourth-order valence-electron chi connectivity index (χ4n) is 1.92. The molecular formula is C10H21NO3. The van der Waals surface area contributed by atoms with Crippen LogP contribution in [-0.4, -0.2) is 60.2 Å². The maximum Gasteiger partial charge on any atom is 0.0900 e. The first-order valence-electron chi connectivity index (χ1n) is 5.38. The first-order valence-corrected chi connectivity index (χ1v) is 5.38. The van der Waals surface area contributed by atoms with Gasteiger partial charge in [0.15, 0.2) is 0 Å². The molecule has 0 radical (unpaired) electrons. The maximum atomic E-state index is 9.61. The summed E-state index contributed by atoms with van der Waals surface area (Å²) in [5, 5.41) is 18.7. The van der Waals surface area contributed by atoms with Gasteiger partial charge in [0.25, 0.3) is 0 Å². The molecule has 2 N–H and O–H groups in total. The third-order valence-corrected chi connectivity index (χ3v) is 2.67. The summed E-state index contributed by atoms with van der Waals surface area (Å²) in [6.45, 7) is 4.74. The van der Waals surface area contributed by atoms with Gasteiger partial charge in [0.2, 0.25) is 0 Å². The van der Waals surface area contributed by atoms with E-state index in [0.717, 1.165) is 19.4 Å². The lowest BCUT2D eigenvalue weighted by Gasteiger charge is -2.25. The van der Waals surface area contributed by atoms with Gasteiger partial charge in [0, 0.05) is 19.2 Å². The predicted octanol–water partition coefficient (Wildman–Crippen LogP) is -0.160. The molecular weight excluding hydrogens is 182 g/mol. The zero-order valence-corrected chi connectivity index (χ0v) is 8.85. The molecule has 1 unspecified atom stereocenters. The summed E-state index contributed by atoms with van der Waals surface area (Å²) < 4.78 is 5.14. The summed E-state index contributed by atoms with van der Waals surface area (Å²) in [7, 11) is 0. The highest BCUT2D eigenvalue weighted by molar-refractivity contribution is 4.80. The Hall–Kier alpha value is -0.160. The van der Waals surface area contributed by atoms with Crippen molar-refractivity contribution in [2.24, 2.45) is 0 Å². The Morgan fingerprint density at radius 2 is 2.36 bits per heavy atom. The lowest BCUT2D eigenvalue weighted by molar-refractivity contribution is 0.0140. The van der Waals surface area contributed by atoms with Crippen LogP contribution in [0.4, 0.5) is 0 Å². The minimum absolute atomic E-state index is 0.196. The SMILES string of the molecule is CCOCC(O)CN1CCC[C@@H]1CO. The molecule has 1 aliphatic rings. The smallest absolute Gasteiger partial charge is 0.0900 e. The van der Waals surface area contributed by atoms with Gasteiger partial charge in [-0.3, -0.25) is 4.90 Å². The van der Waals surface area contributed by atoms with E-state index in [1.165, 1.54) is 0 Å². The second-order valence-corrected chi connectivity index (χ2v) is 3.79. The Balaban J connectivity index is 2.21. The molecule has 84 valence electrons. The van der Waals surface area contributed by atoms with E-state index < -0.39 is 6.10 Å². The molecule has 2 atom stereocenters. The van der Waals surface area contributed by atoms with E-state index >= 15 is 0 Å². The number of β-amino-alcohol motifs (C(OH)–C–C–N with tert-alkyl or cyclic N) is 1. The summed E-state index contributed by atoms with van der Waals surface area (Å²) in [6.07, 6.45) is 1.73. The number of aliphatic hydroxyl groups excluding tert-OH is 2. The largest absolute Gasteiger partial charge is 0.395 e. The normalized spacial score (nSPS) is 25.5. The summed E-state index contributed by atoms with van der Waals surface area (Å²) in [6, 6.07) is 0.242. The number of hydrogen-bond donors (Lipinski definition) is 2. The molecule has 0 aliphatic carbocycles. The van der Waals surface area contributed by atoms with E-state index in [9.17, 15) is 5.11 Å². The molecule has 0 aromatic rings. The highest BCUT2D eigenvalue weighted by Crippen LogP contribution is 2.16. The first-order chi connectivity index (χ1) is 6.77. The van der Waals surface area contributed by atoms with E-state index in [0.29, 0.717) is 19.8 Å². The van der Waals surface area contributed by atoms with Gasteiger partial charge in [0.1, 0.15) is 0 Å². The van der Waals surface area contributed by atoms with Crippen molar-refractivity contribution >= 4 is 0 Å². The summed E-state index contributed by atoms with van der Waals surface area (Å²) >= 11 is 0. The summed E-state index contributed by atoms with van der Waals surface area (Å²) in [5.41, 5.74) is 0. The third-order valence-electron chi connectivity index (χ3n) is 2.67. The van der Waals surface area contributed by atoms with Crippen molar-refractivity contribution in [2.45, 2.75) is 31.9 Å². The van der Waals surface area contributed by atoms with Crippen LogP contribution in [0.5, 0.6) is 0 Å². The number of hydrogen-bond acceptors (Lipinski definition) is 4. The minimum atomic E-state index is -0.429. The summed E-state index contributed by atoms with van der Waals surface area (Å²) in [5.74, 6) is 0. The lowest BCUT2D eigenvalue weighted by atomic mass is 10.2. The molecule has 14 heavy (non-hydrogen) atoms. The highest BCUT2D eigenvalue weighted by Gasteiger charge is 2.25. The molecule has 4 heteroatoms. The van der Waals surface area contributed by atoms with Crippen molar-refractivity contribution in [3.63, 3.8) is 0 Å². The number of ether oxygens (including phenoxy) is 1. The molecule has 0 saturated carbocycles. The third kappa shape index (κ3) is 3.53. The van der Waals surface area contributed by atoms with Crippen LogP contribution < -0.4 is 0 Å². The van der Waals surface area contributed by atoms with Gasteiger partial charge < -0.3 is 14.9 Å². The van der Waals surface area contributed by atoms with Crippen LogP contribution in [0.15, 0.2) is 0 Å². The van der Waals surface area contributed by atoms with Crippen LogP contribution in [0.25, 0.3) is 0 Å². The van der Waals surface area contributed by atoms with Crippen LogP contribution in [0.1, 0.15) is 19.8 Å². The number of aliphatic hydroxyl groups is 2. The first kappa shape index (κ1) is 11.9. The molecule has 0 aromatic carbocycles. The van der Waals surface area contributed by atoms with Crippen molar-refractivity contribution in [3.05, 3.63) is 0 Å². The fraction of sp³-hybridized carbons (Fsp3) is 1.00. The Kier molecular flexibility index (Phi) is 5.40. The van der Waals surface area contributed by atoms with Crippen molar-refractivity contribution in [1.82, 2.24) is 4.90 Å². The fourth-order valence-corrected chi connectivity index (χ4v) is 1.92. The van der Waals surface area contributed by atoms with Crippen LogP contribution in [0, 0.1) is 0 Å². The molecule has 0 spiro atoms. The van der Waals surface area contributed by atoms with Gasteiger partial charge in [-0.15, -0.1) is 0 Å². The Morgan fingerprint density at radius 1 is 1.57 bits per heavy atom. The molecule has 0 bridgehead atoms. The Morgan fingerprint density at radius 3 is 3.00 bits per heavy atom. The van der Waals surface area contributed by atoms with Crippen molar-refractivity contribution in [1.29, 1.82) is 0 Å². The zero-order valence-electron chi connectivity index (χ0n) is 8.85. The molecule has 1 fully saturated rings. The zero-order chi connectivity index (χ0) is 10.4. The van der Waals surface area contributed by atoms with Gasteiger partial charge in [-0.05, 0) is 26.3 Å². The molecule has 1 rings (SSSR count). The van der Waals surface area contributed by atoms with Gasteiger partial charge in [0.05, 0.1) is 19.3 Å². The maximum absolute atomic E-state index is 9.61. The van der Waals surface area contributed by atoms with Crippen LogP contribution in [0.2, 0.25) is 0 Å². The average Bonchev–Trinajstić information content (AvgIpc) is 2.62. The standard InChI is InChI=1S/C10H21NO3/c1-2-14-8-10(13)6-11-5-3-4-9(11)7-12/h9-10,12-13H,2-8H2,1H3/t9-,10?/m1/s1. The van der Waals surface area contributed by atoms with Gasteiger partial charge in [-0.2, -0.15) is 0 Å². The predicted molar refractivity (Wildman–Crippen MR) is 54.2 cm³/mol. The second-order valence-electron chi connectivity index (χ2n) is 3.79. The van der Waals surface area contributed by atoms with Crippen LogP contribution in [0.3, 0.4) is 0 Å². The number of nitrogens with zero attached hydrogens (tertiary/aromatic N) is 1. The van der Waals surface area contributed by atoms with E-state index in [1.54, 1.807) is 0 Å². The van der Waals surface area contributed by atoms with Crippen LogP contribution >= 0.6 is 0 Å². The number of likely N-dealkylation sites (tertiary alicyclic amines) is 1. The Labute approximate surface area is 85.5 Å². The van der Waals surface area contributed by atoms with Crippen molar-refractivity contribution in [3.8, 4) is 0 Å². The van der Waals surface area contributed by atoms with Gasteiger partial charge >= 0.3 is 0 Å². The monoisotopic (exact) mass is 203 g/mol. The molecule has 0 aromatic heterocycles. The summed E-state index contributed by atoms with van der Waals surface area (Å²) in [4.78, 5) is 2.14. The van der Waals surface area contributed by atoms with E-state index in [-0.39, 0.29) is 12.6 Å². The molecule has 4 nitrogen and oxygen atoms in total. The lowest BCUT2D eigenvalue weighted by Crippen LogP contribution is -2.39. The highest BCUT2D eigenvalue weighted by atomic mass is 16.5. The molecule has 1 heterocycles. The minimum Gasteiger partial charge on any atom is -0.395 e. The number of rotatable bonds is 6. The van der Waals surface area contributed by atoms with Gasteiger partial charge in [-0.1, -0.05) is 0 Å². The molecule has 0 amide bonds. The molecule has 1 saturated heterocycles. The van der Waals surface area contributed by atoms with E-state index in [2.05, 4.69) is 4.90 Å². The average molecular weight is 203 g/mol. The van der Waals surface area contributed by atoms with Crippen molar-refractivity contribution in [2.75, 3.05) is 32.9 Å². The van der Waals surface area contributed by atoms with Crippen LogP contribution in [-0.2, 0) is 4.74 Å². The van der Waals surface area contributed by atoms with E-state index in [1.807, 2.05) is 6.92 Å².